The van der Waals surface area contributed by atoms with E-state index in [0.717, 1.165) is 0 Å². The molecule has 2 N–H and O–H groups in total. The minimum absolute atomic E-state index is 0.103. The second kappa shape index (κ2) is 18.7. The van der Waals surface area contributed by atoms with E-state index >= 15 is 0 Å². The highest BCUT2D eigenvalue weighted by atomic mass is 16.8. The Bertz CT molecular complexity index is 1120. The third kappa shape index (κ3) is 9.45. The maximum atomic E-state index is 11.9. The third-order valence-corrected chi connectivity index (χ3v) is 10.9. The summed E-state index contributed by atoms with van der Waals surface area (Å²) in [5.41, 5.74) is 0. The number of cyclic esters (lactones) is 1. The SMILES string of the molecule is COC1CC(=O)OC(C)C1OC1CC(OC)C(OC2CC(OC)C(OC3CC(OC)C(OC4OC(C)C(O)C(OC)C4O)C(C)O3)C(C)O2)C(C)O1. The van der Waals surface area contributed by atoms with E-state index in [-0.39, 0.29) is 18.5 Å². The van der Waals surface area contributed by atoms with Gasteiger partial charge in [-0.15, -0.1) is 0 Å². The first-order chi connectivity index (χ1) is 24.8. The van der Waals surface area contributed by atoms with Crippen molar-refractivity contribution < 1.29 is 81.3 Å². The molecule has 0 aromatic heterocycles. The third-order valence-electron chi connectivity index (χ3n) is 10.9. The molecule has 5 saturated heterocycles. The fraction of sp³-hybridized carbons (Fsp3) is 0.971. The molecule has 0 radical (unpaired) electrons. The number of carbonyl (C=O) groups is 1. The molecule has 17 nitrogen and oxygen atoms in total. The Morgan fingerprint density at radius 3 is 1.29 bits per heavy atom. The van der Waals surface area contributed by atoms with Crippen LogP contribution >= 0.6 is 0 Å². The number of carbonyl (C=O) groups excluding carboxylic acids is 1. The lowest BCUT2D eigenvalue weighted by molar-refractivity contribution is -0.356. The molecular formula is C35H60O17. The predicted octanol–water partition coefficient (Wildman–Crippen LogP) is 0.809. The molecular weight excluding hydrogens is 692 g/mol. The predicted molar refractivity (Wildman–Crippen MR) is 177 cm³/mol. The largest absolute Gasteiger partial charge is 0.460 e. The van der Waals surface area contributed by atoms with Gasteiger partial charge in [0.25, 0.3) is 0 Å². The number of hydrogen-bond acceptors (Lipinski definition) is 17. The molecule has 0 bridgehead atoms. The van der Waals surface area contributed by atoms with E-state index < -0.39 is 117 Å². The molecule has 0 aromatic carbocycles. The number of aliphatic hydroxyl groups is 2. The van der Waals surface area contributed by atoms with Crippen molar-refractivity contribution in [3.63, 3.8) is 0 Å². The van der Waals surface area contributed by atoms with E-state index in [1.807, 2.05) is 20.8 Å². The van der Waals surface area contributed by atoms with E-state index in [1.54, 1.807) is 42.3 Å². The average molecular weight is 753 g/mol. The number of rotatable bonds is 13. The summed E-state index contributed by atoms with van der Waals surface area (Å²) in [6.07, 6.45) is -11.2. The molecule has 5 heterocycles. The summed E-state index contributed by atoms with van der Waals surface area (Å²) in [5.74, 6) is -0.326. The smallest absolute Gasteiger partial charge is 0.308 e. The highest BCUT2D eigenvalue weighted by molar-refractivity contribution is 5.71. The van der Waals surface area contributed by atoms with E-state index in [4.69, 9.17) is 66.3 Å². The highest BCUT2D eigenvalue weighted by Crippen LogP contribution is 2.36. The van der Waals surface area contributed by atoms with Crippen molar-refractivity contribution in [1.29, 1.82) is 0 Å². The van der Waals surface area contributed by atoms with Crippen LogP contribution in [-0.2, 0) is 71.1 Å². The lowest BCUT2D eigenvalue weighted by atomic mass is 9.98. The summed E-state index contributed by atoms with van der Waals surface area (Å²) in [4.78, 5) is 11.9. The second-order valence-electron chi connectivity index (χ2n) is 14.3. The van der Waals surface area contributed by atoms with E-state index in [9.17, 15) is 15.0 Å². The minimum atomic E-state index is -1.22. The summed E-state index contributed by atoms with van der Waals surface area (Å²) in [5, 5.41) is 21.2. The van der Waals surface area contributed by atoms with Gasteiger partial charge >= 0.3 is 5.97 Å². The summed E-state index contributed by atoms with van der Waals surface area (Å²) < 4.78 is 83.9. The topological polar surface area (TPSA) is 187 Å². The monoisotopic (exact) mass is 752 g/mol. The van der Waals surface area contributed by atoms with Crippen LogP contribution in [0.4, 0.5) is 0 Å². The van der Waals surface area contributed by atoms with Crippen LogP contribution in [0.15, 0.2) is 0 Å². The van der Waals surface area contributed by atoms with Crippen molar-refractivity contribution in [1.82, 2.24) is 0 Å². The van der Waals surface area contributed by atoms with E-state index in [2.05, 4.69) is 0 Å². The summed E-state index contributed by atoms with van der Waals surface area (Å²) in [7, 11) is 7.77. The standard InChI is InChI=1S/C35H60O17/c1-15-28(37)34(43-10)29(38)35(48-15)52-33-19(5)47-27(14-23(33)42-9)51-32-18(4)46-26(13-22(32)41-8)50-31-17(3)45-25(12-21(31)40-7)49-30-16(2)44-24(36)11-20(30)39-6/h15-23,25-35,37-38H,11-14H2,1-10H3. The van der Waals surface area contributed by atoms with Crippen LogP contribution < -0.4 is 0 Å². The van der Waals surface area contributed by atoms with Crippen molar-refractivity contribution in [3.8, 4) is 0 Å². The Hall–Kier alpha value is -1.13. The maximum Gasteiger partial charge on any atom is 0.308 e. The van der Waals surface area contributed by atoms with Gasteiger partial charge in [0.05, 0.1) is 55.3 Å². The highest BCUT2D eigenvalue weighted by Gasteiger charge is 2.50. The molecule has 5 aliphatic heterocycles. The van der Waals surface area contributed by atoms with E-state index in [0.29, 0.717) is 19.3 Å². The van der Waals surface area contributed by atoms with Crippen LogP contribution in [0.1, 0.15) is 60.3 Å². The van der Waals surface area contributed by atoms with E-state index in [1.165, 1.54) is 7.11 Å². The molecule has 17 heteroatoms. The number of ether oxygens (including phenoxy) is 14. The number of hydrogen-bond donors (Lipinski definition) is 2. The number of methoxy groups -OCH3 is 5. The molecule has 0 amide bonds. The van der Waals surface area contributed by atoms with Gasteiger partial charge in [0, 0.05) is 54.8 Å². The number of esters is 1. The lowest BCUT2D eigenvalue weighted by Gasteiger charge is -2.47. The summed E-state index contributed by atoms with van der Waals surface area (Å²) >= 11 is 0. The zero-order valence-corrected chi connectivity index (χ0v) is 31.9. The molecule has 0 spiro atoms. The Kier molecular flexibility index (Phi) is 15.1. The molecule has 20 atom stereocenters. The minimum Gasteiger partial charge on any atom is -0.460 e. The van der Waals surface area contributed by atoms with Gasteiger partial charge in [-0.1, -0.05) is 0 Å². The maximum absolute atomic E-state index is 11.9. The van der Waals surface area contributed by atoms with Crippen molar-refractivity contribution >= 4 is 5.97 Å². The van der Waals surface area contributed by atoms with Crippen LogP contribution in [0.5, 0.6) is 0 Å². The summed E-state index contributed by atoms with van der Waals surface area (Å²) in [6, 6.07) is 0. The van der Waals surface area contributed by atoms with Gasteiger partial charge in [0.2, 0.25) is 0 Å². The van der Waals surface area contributed by atoms with Crippen molar-refractivity contribution in [2.45, 2.75) is 183 Å². The second-order valence-corrected chi connectivity index (χ2v) is 14.3. The Balaban J connectivity index is 1.15. The zero-order chi connectivity index (χ0) is 37.9. The van der Waals surface area contributed by atoms with Gasteiger partial charge in [0.15, 0.2) is 25.2 Å². The fourth-order valence-electron chi connectivity index (χ4n) is 7.93. The first kappa shape index (κ1) is 42.0. The molecule has 0 aromatic rings. The molecule has 52 heavy (non-hydrogen) atoms. The molecule has 0 saturated carbocycles. The van der Waals surface area contributed by atoms with Crippen molar-refractivity contribution in [3.05, 3.63) is 0 Å². The molecule has 0 aliphatic carbocycles. The lowest BCUT2D eigenvalue weighted by Crippen LogP contribution is -2.61. The Labute approximate surface area is 305 Å². The average Bonchev–Trinajstić information content (AvgIpc) is 3.11. The first-order valence-corrected chi connectivity index (χ1v) is 18.2. The molecule has 20 unspecified atom stereocenters. The van der Waals surface area contributed by atoms with Crippen LogP contribution in [0, 0.1) is 0 Å². The molecule has 5 fully saturated rings. The van der Waals surface area contributed by atoms with Gasteiger partial charge in [-0.2, -0.15) is 0 Å². The molecule has 302 valence electrons. The zero-order valence-electron chi connectivity index (χ0n) is 31.9. The normalized spacial score (nSPS) is 49.0. The quantitative estimate of drug-likeness (QED) is 0.252. The fourth-order valence-corrected chi connectivity index (χ4v) is 7.93. The van der Waals surface area contributed by atoms with Gasteiger partial charge < -0.3 is 76.5 Å². The first-order valence-electron chi connectivity index (χ1n) is 18.2. The summed E-state index contributed by atoms with van der Waals surface area (Å²) in [6.45, 7) is 9.08. The van der Waals surface area contributed by atoms with Gasteiger partial charge in [-0.05, 0) is 34.6 Å². The van der Waals surface area contributed by atoms with Crippen LogP contribution in [0.25, 0.3) is 0 Å². The van der Waals surface area contributed by atoms with Gasteiger partial charge in [-0.25, -0.2) is 0 Å². The van der Waals surface area contributed by atoms with Crippen LogP contribution in [0.2, 0.25) is 0 Å². The van der Waals surface area contributed by atoms with Crippen LogP contribution in [0.3, 0.4) is 0 Å². The molecule has 5 rings (SSSR count). The Morgan fingerprint density at radius 1 is 0.481 bits per heavy atom. The van der Waals surface area contributed by atoms with Crippen molar-refractivity contribution in [2.24, 2.45) is 0 Å². The molecule has 5 aliphatic rings. The number of aliphatic hydroxyl groups excluding tert-OH is 2. The van der Waals surface area contributed by atoms with Crippen molar-refractivity contribution in [2.75, 3.05) is 35.5 Å². The van der Waals surface area contributed by atoms with Gasteiger partial charge in [0.1, 0.15) is 48.8 Å². The van der Waals surface area contributed by atoms with Gasteiger partial charge in [-0.3, -0.25) is 4.79 Å². The van der Waals surface area contributed by atoms with Crippen LogP contribution in [-0.4, -0.2) is 175 Å². The Morgan fingerprint density at radius 2 is 0.885 bits per heavy atom.